The second-order valence-corrected chi connectivity index (χ2v) is 7.96. The van der Waals surface area contributed by atoms with Crippen LogP contribution in [0, 0.1) is 0 Å². The van der Waals surface area contributed by atoms with Crippen molar-refractivity contribution < 1.29 is 9.53 Å². The largest absolute Gasteiger partial charge is 0.385 e. The Labute approximate surface area is 179 Å². The molecule has 1 atom stereocenters. The minimum atomic E-state index is -0.200. The summed E-state index contributed by atoms with van der Waals surface area (Å²) in [7, 11) is 1.61. The van der Waals surface area contributed by atoms with E-state index in [0.29, 0.717) is 12.1 Å². The van der Waals surface area contributed by atoms with Crippen LogP contribution in [-0.4, -0.2) is 49.8 Å². The number of benzene rings is 1. The lowest BCUT2D eigenvalue weighted by molar-refractivity contribution is -0.0584. The maximum Gasteiger partial charge on any atom is 0.269 e. The number of pyridine rings is 1. The van der Waals surface area contributed by atoms with Gasteiger partial charge in [0.25, 0.3) is 5.91 Å². The molecule has 6 nitrogen and oxygen atoms in total. The van der Waals surface area contributed by atoms with Crippen LogP contribution in [-0.2, 0) is 11.2 Å². The van der Waals surface area contributed by atoms with Gasteiger partial charge in [-0.15, -0.1) is 0 Å². The number of hydrogen-bond donors (Lipinski definition) is 3. The molecule has 0 saturated carbocycles. The first-order valence-corrected chi connectivity index (χ1v) is 10.5. The summed E-state index contributed by atoms with van der Waals surface area (Å²) in [5, 5.41) is 9.45. The van der Waals surface area contributed by atoms with Crippen LogP contribution in [0.1, 0.15) is 47.1 Å². The number of nitrogens with one attached hydrogen (secondary N) is 3. The van der Waals surface area contributed by atoms with Crippen molar-refractivity contribution in [2.45, 2.75) is 31.8 Å². The van der Waals surface area contributed by atoms with Gasteiger partial charge < -0.3 is 20.7 Å². The predicted molar refractivity (Wildman–Crippen MR) is 120 cm³/mol. The summed E-state index contributed by atoms with van der Waals surface area (Å²) >= 11 is 0. The Morgan fingerprint density at radius 1 is 1.30 bits per heavy atom. The quantitative estimate of drug-likeness (QED) is 0.557. The molecular weight excluding hydrogens is 376 g/mol. The monoisotopic (exact) mass is 408 g/mol. The minimum absolute atomic E-state index is 0.104. The average molecular weight is 409 g/mol. The van der Waals surface area contributed by atoms with Crippen LogP contribution in [0.15, 0.2) is 49.0 Å². The van der Waals surface area contributed by atoms with Crippen molar-refractivity contribution in [3.8, 4) is 0 Å². The van der Waals surface area contributed by atoms with Crippen molar-refractivity contribution in [2.75, 3.05) is 33.3 Å². The smallest absolute Gasteiger partial charge is 0.269 e. The molecule has 3 N–H and O–H groups in total. The van der Waals surface area contributed by atoms with E-state index in [0.717, 1.165) is 61.6 Å². The van der Waals surface area contributed by atoms with Gasteiger partial charge in [0.05, 0.1) is 12.2 Å². The summed E-state index contributed by atoms with van der Waals surface area (Å²) in [6, 6.07) is 13.9. The highest BCUT2D eigenvalue weighted by molar-refractivity contribution is 5.93. The number of amides is 1. The van der Waals surface area contributed by atoms with Crippen molar-refractivity contribution in [2.24, 2.45) is 0 Å². The van der Waals surface area contributed by atoms with Crippen LogP contribution < -0.4 is 16.0 Å². The van der Waals surface area contributed by atoms with Crippen LogP contribution >= 0.6 is 0 Å². The fourth-order valence-electron chi connectivity index (χ4n) is 3.64. The van der Waals surface area contributed by atoms with Gasteiger partial charge in [0.1, 0.15) is 5.69 Å². The first-order chi connectivity index (χ1) is 14.5. The summed E-state index contributed by atoms with van der Waals surface area (Å²) in [5.74, 6) is -0.200. The number of carbonyl (C=O) groups excluding carboxylic acids is 1. The number of rotatable bonds is 9. The Morgan fingerprint density at radius 2 is 2.10 bits per heavy atom. The van der Waals surface area contributed by atoms with Crippen LogP contribution in [0.3, 0.4) is 0 Å². The topological polar surface area (TPSA) is 75.3 Å². The molecule has 1 aliphatic heterocycles. The van der Waals surface area contributed by atoms with E-state index in [4.69, 9.17) is 4.74 Å². The molecule has 3 rings (SSSR count). The lowest BCUT2D eigenvalue weighted by Crippen LogP contribution is -2.47. The van der Waals surface area contributed by atoms with Gasteiger partial charge in [-0.25, -0.2) is 4.98 Å². The van der Waals surface area contributed by atoms with Gasteiger partial charge in [0, 0.05) is 50.1 Å². The SMILES string of the molecule is C=C(NCCCC1(C)CNCCO1)c1cc(Cc2ccccc2)nc(C(=O)NC)c1. The number of morpholine rings is 1. The van der Waals surface area contributed by atoms with E-state index in [2.05, 4.69) is 46.6 Å². The molecule has 1 aromatic carbocycles. The molecule has 1 unspecified atom stereocenters. The maximum atomic E-state index is 12.2. The molecule has 1 fully saturated rings. The van der Waals surface area contributed by atoms with Crippen LogP contribution in [0.5, 0.6) is 0 Å². The molecule has 0 spiro atoms. The summed E-state index contributed by atoms with van der Waals surface area (Å²) in [6.45, 7) is 9.71. The van der Waals surface area contributed by atoms with Gasteiger partial charge in [-0.05, 0) is 37.5 Å². The second kappa shape index (κ2) is 10.4. The number of aromatic nitrogens is 1. The highest BCUT2D eigenvalue weighted by Gasteiger charge is 2.26. The summed E-state index contributed by atoms with van der Waals surface area (Å²) in [6.07, 6.45) is 2.61. The molecule has 160 valence electrons. The molecule has 1 aromatic heterocycles. The van der Waals surface area contributed by atoms with E-state index in [1.165, 1.54) is 0 Å². The van der Waals surface area contributed by atoms with Crippen LogP contribution in [0.2, 0.25) is 0 Å². The van der Waals surface area contributed by atoms with Gasteiger partial charge in [0.15, 0.2) is 0 Å². The van der Waals surface area contributed by atoms with Gasteiger partial charge in [-0.3, -0.25) is 4.79 Å². The Kier molecular flexibility index (Phi) is 7.60. The molecule has 6 heteroatoms. The first-order valence-electron chi connectivity index (χ1n) is 10.5. The standard InChI is InChI=1S/C24H32N4O2/c1-18(27-11-7-10-24(2)17-26-12-13-30-24)20-15-21(14-19-8-5-4-6-9-19)28-22(16-20)23(29)25-3/h4-6,8-9,15-16,26-27H,1,7,10-14,17H2,2-3H3,(H,25,29). The van der Waals surface area contributed by atoms with E-state index >= 15 is 0 Å². The zero-order chi connectivity index (χ0) is 21.4. The summed E-state index contributed by atoms with van der Waals surface area (Å²) in [4.78, 5) is 16.8. The molecule has 2 heterocycles. The Morgan fingerprint density at radius 3 is 2.80 bits per heavy atom. The van der Waals surface area contributed by atoms with Crippen LogP contribution in [0.25, 0.3) is 5.70 Å². The number of carbonyl (C=O) groups is 1. The summed E-state index contributed by atoms with van der Waals surface area (Å²) in [5.41, 5.74) is 3.97. The van der Waals surface area contributed by atoms with Gasteiger partial charge in [-0.2, -0.15) is 0 Å². The van der Waals surface area contributed by atoms with Gasteiger partial charge in [0.2, 0.25) is 0 Å². The highest BCUT2D eigenvalue weighted by atomic mass is 16.5. The Bertz CT molecular complexity index is 861. The van der Waals surface area contributed by atoms with Crippen molar-refractivity contribution in [1.82, 2.24) is 20.9 Å². The first kappa shape index (κ1) is 22.0. The van der Waals surface area contributed by atoms with Crippen molar-refractivity contribution in [3.63, 3.8) is 0 Å². The van der Waals surface area contributed by atoms with Gasteiger partial charge in [-0.1, -0.05) is 36.9 Å². The third-order valence-electron chi connectivity index (χ3n) is 5.36. The molecule has 1 aliphatic rings. The lowest BCUT2D eigenvalue weighted by Gasteiger charge is -2.34. The predicted octanol–water partition coefficient (Wildman–Crippen LogP) is 2.75. The van der Waals surface area contributed by atoms with Crippen molar-refractivity contribution in [1.29, 1.82) is 0 Å². The van der Waals surface area contributed by atoms with E-state index < -0.39 is 0 Å². The zero-order valence-electron chi connectivity index (χ0n) is 18.0. The molecular formula is C24H32N4O2. The fraction of sp³-hybridized carbons (Fsp3) is 0.417. The van der Waals surface area contributed by atoms with Crippen LogP contribution in [0.4, 0.5) is 0 Å². The van der Waals surface area contributed by atoms with E-state index in [-0.39, 0.29) is 11.5 Å². The lowest BCUT2D eigenvalue weighted by atomic mass is 9.98. The molecule has 0 radical (unpaired) electrons. The maximum absolute atomic E-state index is 12.2. The molecule has 30 heavy (non-hydrogen) atoms. The normalized spacial score (nSPS) is 18.6. The summed E-state index contributed by atoms with van der Waals surface area (Å²) < 4.78 is 5.92. The zero-order valence-corrected chi connectivity index (χ0v) is 18.0. The minimum Gasteiger partial charge on any atom is -0.385 e. The van der Waals surface area contributed by atoms with Gasteiger partial charge >= 0.3 is 0 Å². The van der Waals surface area contributed by atoms with E-state index in [1.807, 2.05) is 24.3 Å². The molecule has 1 amide bonds. The second-order valence-electron chi connectivity index (χ2n) is 7.96. The third kappa shape index (κ3) is 6.15. The average Bonchev–Trinajstić information content (AvgIpc) is 2.77. The third-order valence-corrected chi connectivity index (χ3v) is 5.36. The van der Waals surface area contributed by atoms with E-state index in [9.17, 15) is 4.79 Å². The van der Waals surface area contributed by atoms with Crippen molar-refractivity contribution >= 4 is 11.6 Å². The fourth-order valence-corrected chi connectivity index (χ4v) is 3.64. The number of ether oxygens (including phenoxy) is 1. The highest BCUT2D eigenvalue weighted by Crippen LogP contribution is 2.20. The number of hydrogen-bond acceptors (Lipinski definition) is 5. The van der Waals surface area contributed by atoms with Crippen molar-refractivity contribution in [3.05, 3.63) is 71.6 Å². The molecule has 0 bridgehead atoms. The molecule has 2 aromatic rings. The number of nitrogens with zero attached hydrogens (tertiary/aromatic N) is 1. The molecule has 0 aliphatic carbocycles. The molecule has 1 saturated heterocycles. The van der Waals surface area contributed by atoms with E-state index in [1.54, 1.807) is 13.1 Å². The Balaban J connectivity index is 1.64. The Hall–Kier alpha value is -2.70.